The number of nitrogens with one attached hydrogen (secondary N) is 2. The molecule has 2 aromatic carbocycles. The van der Waals surface area contributed by atoms with Gasteiger partial charge >= 0.3 is 0 Å². The SMILES string of the molecule is CC(C)(C)C(=O)N1CCN(c2ccc(NC(=S)NC(=O)c3cc4ccccc4o3)cc2)CC1. The second-order valence-corrected chi connectivity index (χ2v) is 9.54. The van der Waals surface area contributed by atoms with E-state index in [-0.39, 0.29) is 22.2 Å². The van der Waals surface area contributed by atoms with Gasteiger partial charge in [-0.3, -0.25) is 14.9 Å². The molecule has 4 rings (SSSR count). The summed E-state index contributed by atoms with van der Waals surface area (Å²) in [7, 11) is 0. The number of thiocarbonyl (C=S) groups is 1. The number of hydrogen-bond acceptors (Lipinski definition) is 5. The number of anilines is 2. The number of carbonyl (C=O) groups is 2. The average Bonchev–Trinajstić information content (AvgIpc) is 3.23. The van der Waals surface area contributed by atoms with E-state index in [1.807, 2.05) is 74.2 Å². The molecule has 0 radical (unpaired) electrons. The summed E-state index contributed by atoms with van der Waals surface area (Å²) in [4.78, 5) is 29.1. The number of benzene rings is 2. The highest BCUT2D eigenvalue weighted by Crippen LogP contribution is 2.23. The van der Waals surface area contributed by atoms with Crippen LogP contribution in [-0.2, 0) is 4.79 Å². The van der Waals surface area contributed by atoms with Gasteiger partial charge in [-0.05, 0) is 48.6 Å². The van der Waals surface area contributed by atoms with E-state index in [9.17, 15) is 9.59 Å². The van der Waals surface area contributed by atoms with Gasteiger partial charge in [-0.1, -0.05) is 39.0 Å². The van der Waals surface area contributed by atoms with Gasteiger partial charge in [0.2, 0.25) is 5.91 Å². The van der Waals surface area contributed by atoms with E-state index < -0.39 is 5.91 Å². The summed E-state index contributed by atoms with van der Waals surface area (Å²) >= 11 is 5.29. The zero-order valence-electron chi connectivity index (χ0n) is 19.1. The Hall–Kier alpha value is -3.39. The van der Waals surface area contributed by atoms with Crippen LogP contribution in [0.15, 0.2) is 59.0 Å². The van der Waals surface area contributed by atoms with E-state index >= 15 is 0 Å². The number of rotatable bonds is 3. The van der Waals surface area contributed by atoms with Gasteiger partial charge in [0.25, 0.3) is 5.91 Å². The summed E-state index contributed by atoms with van der Waals surface area (Å²) in [5.74, 6) is 0.00248. The molecule has 1 saturated heterocycles. The highest BCUT2D eigenvalue weighted by atomic mass is 32.1. The molecular weight excluding hydrogens is 436 g/mol. The van der Waals surface area contributed by atoms with Crippen molar-refractivity contribution in [2.24, 2.45) is 5.41 Å². The average molecular weight is 465 g/mol. The second-order valence-electron chi connectivity index (χ2n) is 9.13. The van der Waals surface area contributed by atoms with E-state index in [1.54, 1.807) is 6.07 Å². The molecule has 1 aliphatic rings. The zero-order valence-corrected chi connectivity index (χ0v) is 19.9. The smallest absolute Gasteiger partial charge is 0.293 e. The molecule has 2 heterocycles. The minimum Gasteiger partial charge on any atom is -0.451 e. The zero-order chi connectivity index (χ0) is 23.6. The predicted octanol–water partition coefficient (Wildman–Crippen LogP) is 4.25. The van der Waals surface area contributed by atoms with Gasteiger partial charge in [0, 0.05) is 48.4 Å². The van der Waals surface area contributed by atoms with Crippen LogP contribution < -0.4 is 15.5 Å². The Labute approximate surface area is 198 Å². The van der Waals surface area contributed by atoms with E-state index in [4.69, 9.17) is 16.6 Å². The molecule has 7 nitrogen and oxygen atoms in total. The predicted molar refractivity (Wildman–Crippen MR) is 135 cm³/mol. The Bertz CT molecular complexity index is 1140. The largest absolute Gasteiger partial charge is 0.451 e. The first-order valence-electron chi connectivity index (χ1n) is 11.0. The molecule has 33 heavy (non-hydrogen) atoms. The first-order chi connectivity index (χ1) is 15.7. The number of carbonyl (C=O) groups excluding carboxylic acids is 2. The molecule has 1 fully saturated rings. The van der Waals surface area contributed by atoms with Gasteiger partial charge in [-0.2, -0.15) is 0 Å². The Morgan fingerprint density at radius 1 is 0.970 bits per heavy atom. The number of nitrogens with zero attached hydrogens (tertiary/aromatic N) is 2. The number of piperazine rings is 1. The molecule has 0 unspecified atom stereocenters. The third-order valence-electron chi connectivity index (χ3n) is 5.58. The van der Waals surface area contributed by atoms with Crippen LogP contribution in [0.1, 0.15) is 31.3 Å². The fourth-order valence-corrected chi connectivity index (χ4v) is 4.03. The lowest BCUT2D eigenvalue weighted by molar-refractivity contribution is -0.139. The Kier molecular flexibility index (Phi) is 6.37. The lowest BCUT2D eigenvalue weighted by atomic mass is 9.94. The topological polar surface area (TPSA) is 77.8 Å². The second kappa shape index (κ2) is 9.23. The molecule has 0 saturated carbocycles. The maximum atomic E-state index is 12.5. The fraction of sp³-hybridized carbons (Fsp3) is 0.320. The molecule has 3 aromatic rings. The quantitative estimate of drug-likeness (QED) is 0.564. The molecule has 8 heteroatoms. The van der Waals surface area contributed by atoms with Crippen molar-refractivity contribution in [2.45, 2.75) is 20.8 Å². The van der Waals surface area contributed by atoms with Crippen LogP contribution in [0.3, 0.4) is 0 Å². The van der Waals surface area contributed by atoms with Crippen molar-refractivity contribution in [3.63, 3.8) is 0 Å². The van der Waals surface area contributed by atoms with Crippen molar-refractivity contribution in [2.75, 3.05) is 36.4 Å². The lowest BCUT2D eigenvalue weighted by Gasteiger charge is -2.38. The summed E-state index contributed by atoms with van der Waals surface area (Å²) in [5.41, 5.74) is 2.16. The number of para-hydroxylation sites is 1. The van der Waals surface area contributed by atoms with Crippen molar-refractivity contribution in [1.29, 1.82) is 0 Å². The third kappa shape index (κ3) is 5.34. The van der Waals surface area contributed by atoms with E-state index in [2.05, 4.69) is 15.5 Å². The van der Waals surface area contributed by atoms with Crippen LogP contribution >= 0.6 is 12.2 Å². The molecule has 0 atom stereocenters. The van der Waals surface area contributed by atoms with E-state index in [0.29, 0.717) is 18.7 Å². The summed E-state index contributed by atoms with van der Waals surface area (Å²) in [6.45, 7) is 8.88. The molecule has 0 bridgehead atoms. The highest BCUT2D eigenvalue weighted by molar-refractivity contribution is 7.80. The number of amides is 2. The molecule has 2 amide bonds. The molecule has 172 valence electrons. The van der Waals surface area contributed by atoms with Crippen LogP contribution in [0.5, 0.6) is 0 Å². The Morgan fingerprint density at radius 3 is 2.27 bits per heavy atom. The molecule has 0 spiro atoms. The summed E-state index contributed by atoms with van der Waals surface area (Å²) in [5, 5.41) is 6.74. The van der Waals surface area contributed by atoms with Crippen molar-refractivity contribution in [1.82, 2.24) is 10.2 Å². The van der Waals surface area contributed by atoms with Crippen LogP contribution in [0.2, 0.25) is 0 Å². The number of fused-ring (bicyclic) bond motifs is 1. The first kappa shape index (κ1) is 22.8. The number of hydrogen-bond donors (Lipinski definition) is 2. The summed E-state index contributed by atoms with van der Waals surface area (Å²) in [6, 6.07) is 17.0. The minimum absolute atomic E-state index is 0.194. The monoisotopic (exact) mass is 464 g/mol. The number of furan rings is 1. The van der Waals surface area contributed by atoms with Crippen molar-refractivity contribution in [3.8, 4) is 0 Å². The van der Waals surface area contributed by atoms with Gasteiger partial charge in [-0.25, -0.2) is 0 Å². The van der Waals surface area contributed by atoms with Gasteiger partial charge in [0.15, 0.2) is 10.9 Å². The van der Waals surface area contributed by atoms with Crippen molar-refractivity contribution < 1.29 is 14.0 Å². The van der Waals surface area contributed by atoms with E-state index in [1.165, 1.54) is 0 Å². The van der Waals surface area contributed by atoms with E-state index in [0.717, 1.165) is 29.9 Å². The lowest BCUT2D eigenvalue weighted by Crippen LogP contribution is -2.51. The molecular formula is C25H28N4O3S. The van der Waals surface area contributed by atoms with Crippen LogP contribution in [0.25, 0.3) is 11.0 Å². The molecule has 1 aliphatic heterocycles. The molecule has 1 aromatic heterocycles. The summed E-state index contributed by atoms with van der Waals surface area (Å²) in [6.07, 6.45) is 0. The van der Waals surface area contributed by atoms with Gasteiger partial charge in [0.1, 0.15) is 5.58 Å². The first-order valence-corrected chi connectivity index (χ1v) is 11.4. The van der Waals surface area contributed by atoms with Gasteiger partial charge in [-0.15, -0.1) is 0 Å². The van der Waals surface area contributed by atoms with Gasteiger partial charge in [0.05, 0.1) is 0 Å². The maximum absolute atomic E-state index is 12.5. The standard InChI is InChI=1S/C25H28N4O3S/c1-25(2,3)23(31)29-14-12-28(13-15-29)19-10-8-18(9-11-19)26-24(33)27-22(30)21-16-17-6-4-5-7-20(17)32-21/h4-11,16H,12-15H2,1-3H3,(H2,26,27,30,33). The normalized spacial score (nSPS) is 14.3. The summed E-state index contributed by atoms with van der Waals surface area (Å²) < 4.78 is 5.58. The highest BCUT2D eigenvalue weighted by Gasteiger charge is 2.29. The van der Waals surface area contributed by atoms with Gasteiger partial charge < -0.3 is 19.5 Å². The fourth-order valence-electron chi connectivity index (χ4n) is 3.82. The Morgan fingerprint density at radius 2 is 1.64 bits per heavy atom. The maximum Gasteiger partial charge on any atom is 0.293 e. The van der Waals surface area contributed by atoms with Crippen molar-refractivity contribution >= 4 is 51.5 Å². The van der Waals surface area contributed by atoms with Crippen molar-refractivity contribution in [3.05, 3.63) is 60.4 Å². The molecule has 2 N–H and O–H groups in total. The van der Waals surface area contributed by atoms with Crippen LogP contribution in [0.4, 0.5) is 11.4 Å². The molecule has 0 aliphatic carbocycles. The minimum atomic E-state index is -0.400. The third-order valence-corrected chi connectivity index (χ3v) is 5.78. The van der Waals surface area contributed by atoms with Crippen LogP contribution in [0, 0.1) is 5.41 Å². The Balaban J connectivity index is 1.30. The van der Waals surface area contributed by atoms with Crippen LogP contribution in [-0.4, -0.2) is 48.0 Å².